The Labute approximate surface area is 161 Å². The van der Waals surface area contributed by atoms with E-state index in [0.29, 0.717) is 18.7 Å². The first kappa shape index (κ1) is 21.1. The van der Waals surface area contributed by atoms with Crippen molar-refractivity contribution in [2.75, 3.05) is 26.7 Å². The number of carbonyl (C=O) groups excluding carboxylic acids is 1. The maximum atomic E-state index is 12.6. The van der Waals surface area contributed by atoms with Crippen LogP contribution in [0.3, 0.4) is 0 Å². The minimum absolute atomic E-state index is 0.116. The van der Waals surface area contributed by atoms with Crippen LogP contribution >= 0.6 is 0 Å². The van der Waals surface area contributed by atoms with E-state index in [1.807, 2.05) is 30.3 Å². The Hall–Kier alpha value is -2.22. The monoisotopic (exact) mass is 390 g/mol. The molecule has 0 spiro atoms. The SMILES string of the molecule is CCN(CC)S(=O)(=O)c1cccc(C(=O)NCC(OC)c2ccccc2)c1. The molecular formula is C20H26N2O4S. The standard InChI is InChI=1S/C20H26N2O4S/c1-4-22(5-2)27(24,25)18-13-9-12-17(14-18)20(23)21-15-19(26-3)16-10-7-6-8-11-16/h6-14,19H,4-5,15H2,1-3H3,(H,21,23). The molecule has 146 valence electrons. The second-order valence-corrected chi connectivity index (χ2v) is 7.90. The summed E-state index contributed by atoms with van der Waals surface area (Å²) in [6.07, 6.45) is -0.280. The van der Waals surface area contributed by atoms with Gasteiger partial charge in [-0.1, -0.05) is 50.2 Å². The third kappa shape index (κ3) is 5.15. The molecule has 0 aliphatic heterocycles. The zero-order valence-corrected chi connectivity index (χ0v) is 16.7. The number of hydrogen-bond acceptors (Lipinski definition) is 4. The van der Waals surface area contributed by atoms with Gasteiger partial charge in [0.25, 0.3) is 5.91 Å². The van der Waals surface area contributed by atoms with E-state index < -0.39 is 10.0 Å². The Balaban J connectivity index is 2.13. The predicted octanol–water partition coefficient (Wildman–Crippen LogP) is 2.83. The minimum Gasteiger partial charge on any atom is -0.375 e. The Morgan fingerprint density at radius 2 is 1.74 bits per heavy atom. The van der Waals surface area contributed by atoms with Gasteiger partial charge in [-0.05, 0) is 23.8 Å². The van der Waals surface area contributed by atoms with Gasteiger partial charge in [-0.15, -0.1) is 0 Å². The third-order valence-electron chi connectivity index (χ3n) is 4.34. The van der Waals surface area contributed by atoms with Crippen molar-refractivity contribution in [1.29, 1.82) is 0 Å². The normalized spacial score (nSPS) is 12.7. The lowest BCUT2D eigenvalue weighted by Crippen LogP contribution is -2.31. The van der Waals surface area contributed by atoms with Gasteiger partial charge in [-0.25, -0.2) is 8.42 Å². The largest absolute Gasteiger partial charge is 0.375 e. The number of benzene rings is 2. The minimum atomic E-state index is -3.61. The summed E-state index contributed by atoms with van der Waals surface area (Å²) in [5, 5.41) is 2.81. The Bertz CT molecular complexity index is 849. The van der Waals surface area contributed by atoms with Crippen molar-refractivity contribution in [1.82, 2.24) is 9.62 Å². The molecule has 2 aromatic carbocycles. The van der Waals surface area contributed by atoms with Gasteiger partial charge in [0.05, 0.1) is 11.0 Å². The van der Waals surface area contributed by atoms with Crippen LogP contribution in [0.15, 0.2) is 59.5 Å². The molecule has 0 saturated heterocycles. The molecule has 0 aromatic heterocycles. The number of ether oxygens (including phenoxy) is 1. The molecule has 1 atom stereocenters. The van der Waals surface area contributed by atoms with Crippen molar-refractivity contribution in [2.24, 2.45) is 0 Å². The van der Waals surface area contributed by atoms with E-state index in [1.54, 1.807) is 33.1 Å². The second-order valence-electron chi connectivity index (χ2n) is 5.96. The van der Waals surface area contributed by atoms with Gasteiger partial charge in [0.2, 0.25) is 10.0 Å². The molecule has 7 heteroatoms. The molecule has 0 heterocycles. The lowest BCUT2D eigenvalue weighted by Gasteiger charge is -2.19. The Kier molecular flexibility index (Phi) is 7.53. The Morgan fingerprint density at radius 1 is 1.07 bits per heavy atom. The molecule has 0 bridgehead atoms. The van der Waals surface area contributed by atoms with Crippen LogP contribution < -0.4 is 5.32 Å². The molecule has 0 fully saturated rings. The lowest BCUT2D eigenvalue weighted by atomic mass is 10.1. The zero-order chi connectivity index (χ0) is 19.9. The summed E-state index contributed by atoms with van der Waals surface area (Å²) in [7, 11) is -2.02. The van der Waals surface area contributed by atoms with Crippen LogP contribution in [0.4, 0.5) is 0 Å². The lowest BCUT2D eigenvalue weighted by molar-refractivity contribution is 0.0827. The zero-order valence-electron chi connectivity index (χ0n) is 15.9. The van der Waals surface area contributed by atoms with Crippen LogP contribution in [0.5, 0.6) is 0 Å². The van der Waals surface area contributed by atoms with Crippen molar-refractivity contribution in [3.05, 3.63) is 65.7 Å². The first-order valence-electron chi connectivity index (χ1n) is 8.90. The van der Waals surface area contributed by atoms with Crippen molar-refractivity contribution in [3.63, 3.8) is 0 Å². The van der Waals surface area contributed by atoms with Crippen LogP contribution in [0.2, 0.25) is 0 Å². The molecule has 6 nitrogen and oxygen atoms in total. The smallest absolute Gasteiger partial charge is 0.251 e. The van der Waals surface area contributed by atoms with Crippen molar-refractivity contribution in [2.45, 2.75) is 24.8 Å². The van der Waals surface area contributed by atoms with Crippen LogP contribution in [-0.4, -0.2) is 45.4 Å². The molecule has 1 unspecified atom stereocenters. The summed E-state index contributed by atoms with van der Waals surface area (Å²) in [5.41, 5.74) is 1.25. The highest BCUT2D eigenvalue weighted by atomic mass is 32.2. The summed E-state index contributed by atoms with van der Waals surface area (Å²) in [4.78, 5) is 12.6. The highest BCUT2D eigenvalue weighted by Crippen LogP contribution is 2.18. The van der Waals surface area contributed by atoms with Gasteiger partial charge in [-0.3, -0.25) is 4.79 Å². The number of nitrogens with zero attached hydrogens (tertiary/aromatic N) is 1. The van der Waals surface area contributed by atoms with Crippen molar-refractivity contribution < 1.29 is 17.9 Å². The van der Waals surface area contributed by atoms with Crippen molar-refractivity contribution in [3.8, 4) is 0 Å². The first-order chi connectivity index (χ1) is 12.9. The number of sulfonamides is 1. The fourth-order valence-electron chi connectivity index (χ4n) is 2.80. The van der Waals surface area contributed by atoms with E-state index in [0.717, 1.165) is 5.56 Å². The van der Waals surface area contributed by atoms with Gasteiger partial charge in [-0.2, -0.15) is 4.31 Å². The fourth-order valence-corrected chi connectivity index (χ4v) is 4.31. The van der Waals surface area contributed by atoms with Crippen LogP contribution in [0.25, 0.3) is 0 Å². The number of carbonyl (C=O) groups is 1. The molecule has 0 aliphatic rings. The van der Waals surface area contributed by atoms with Gasteiger partial charge >= 0.3 is 0 Å². The molecule has 0 radical (unpaired) electrons. The molecule has 2 aromatic rings. The maximum absolute atomic E-state index is 12.6. The molecule has 27 heavy (non-hydrogen) atoms. The van der Waals surface area contributed by atoms with Gasteiger partial charge in [0, 0.05) is 32.3 Å². The molecule has 1 N–H and O–H groups in total. The summed E-state index contributed by atoms with van der Waals surface area (Å²) in [6.45, 7) is 4.61. The molecular weight excluding hydrogens is 364 g/mol. The maximum Gasteiger partial charge on any atom is 0.251 e. The van der Waals surface area contributed by atoms with Gasteiger partial charge < -0.3 is 10.1 Å². The predicted molar refractivity (Wildman–Crippen MR) is 105 cm³/mol. The summed E-state index contributed by atoms with van der Waals surface area (Å²) >= 11 is 0. The van der Waals surface area contributed by atoms with Gasteiger partial charge in [0.1, 0.15) is 0 Å². The molecule has 0 aliphatic carbocycles. The van der Waals surface area contributed by atoms with E-state index in [4.69, 9.17) is 4.74 Å². The topological polar surface area (TPSA) is 75.7 Å². The average Bonchev–Trinajstić information content (AvgIpc) is 2.70. The van der Waals surface area contributed by atoms with Crippen LogP contribution in [-0.2, 0) is 14.8 Å². The van der Waals surface area contributed by atoms with E-state index in [9.17, 15) is 13.2 Å². The highest BCUT2D eigenvalue weighted by Gasteiger charge is 2.22. The number of hydrogen-bond donors (Lipinski definition) is 1. The first-order valence-corrected chi connectivity index (χ1v) is 10.3. The van der Waals surface area contributed by atoms with Crippen LogP contribution in [0, 0.1) is 0 Å². The second kappa shape index (κ2) is 9.64. The average molecular weight is 391 g/mol. The number of rotatable bonds is 9. The molecule has 1 amide bonds. The molecule has 0 saturated carbocycles. The van der Waals surface area contributed by atoms with Crippen molar-refractivity contribution >= 4 is 15.9 Å². The fraction of sp³-hybridized carbons (Fsp3) is 0.350. The van der Waals surface area contributed by atoms with E-state index in [1.165, 1.54) is 16.4 Å². The quantitative estimate of drug-likeness (QED) is 0.714. The van der Waals surface area contributed by atoms with E-state index >= 15 is 0 Å². The van der Waals surface area contributed by atoms with E-state index in [2.05, 4.69) is 5.32 Å². The summed E-state index contributed by atoms with van der Waals surface area (Å²) in [5.74, 6) is -0.343. The van der Waals surface area contributed by atoms with Crippen LogP contribution in [0.1, 0.15) is 35.9 Å². The summed E-state index contributed by atoms with van der Waals surface area (Å²) < 4.78 is 32.1. The number of nitrogens with one attached hydrogen (secondary N) is 1. The number of methoxy groups -OCH3 is 1. The number of amides is 1. The van der Waals surface area contributed by atoms with Gasteiger partial charge in [0.15, 0.2) is 0 Å². The highest BCUT2D eigenvalue weighted by molar-refractivity contribution is 7.89. The molecule has 2 rings (SSSR count). The summed E-state index contributed by atoms with van der Waals surface area (Å²) in [6, 6.07) is 15.7. The van der Waals surface area contributed by atoms with E-state index in [-0.39, 0.29) is 23.5 Å². The Morgan fingerprint density at radius 3 is 2.33 bits per heavy atom. The third-order valence-corrected chi connectivity index (χ3v) is 6.39.